The molecule has 2 fully saturated rings. The van der Waals surface area contributed by atoms with Crippen LogP contribution in [-0.2, 0) is 16.1 Å². The van der Waals surface area contributed by atoms with Crippen LogP contribution in [0, 0.1) is 5.41 Å². The van der Waals surface area contributed by atoms with Gasteiger partial charge in [0.1, 0.15) is 0 Å². The fourth-order valence-corrected chi connectivity index (χ4v) is 3.89. The minimum atomic E-state index is -5.08. The first kappa shape index (κ1) is 22.4. The van der Waals surface area contributed by atoms with Crippen LogP contribution in [0.15, 0.2) is 43.0 Å². The van der Waals surface area contributed by atoms with Crippen molar-refractivity contribution in [1.29, 1.82) is 0 Å². The number of anilines is 1. The number of amides is 1. The van der Waals surface area contributed by atoms with Crippen molar-refractivity contribution in [3.63, 3.8) is 0 Å². The van der Waals surface area contributed by atoms with E-state index in [9.17, 15) is 18.0 Å². The van der Waals surface area contributed by atoms with Gasteiger partial charge in [-0.1, -0.05) is 0 Å². The Bertz CT molecular complexity index is 898. The molecule has 0 radical (unpaired) electrons. The van der Waals surface area contributed by atoms with Crippen LogP contribution >= 0.6 is 0 Å². The molecule has 0 bridgehead atoms. The van der Waals surface area contributed by atoms with Crippen molar-refractivity contribution in [3.8, 4) is 0 Å². The van der Waals surface area contributed by atoms with Gasteiger partial charge in [-0.25, -0.2) is 14.8 Å². The lowest BCUT2D eigenvalue weighted by atomic mass is 9.78. The van der Waals surface area contributed by atoms with E-state index in [4.69, 9.17) is 9.90 Å². The quantitative estimate of drug-likeness (QED) is 0.788. The molecule has 2 aliphatic heterocycles. The largest absolute Gasteiger partial charge is 0.490 e. The summed E-state index contributed by atoms with van der Waals surface area (Å²) in [5.41, 5.74) is 0.860. The highest BCUT2D eigenvalue weighted by atomic mass is 19.4. The first-order chi connectivity index (χ1) is 14.7. The molecule has 2 aliphatic rings. The molecule has 8 nitrogen and oxygen atoms in total. The summed E-state index contributed by atoms with van der Waals surface area (Å²) in [6.07, 6.45) is 4.88. The second kappa shape index (κ2) is 9.27. The molecule has 166 valence electrons. The predicted octanol–water partition coefficient (Wildman–Crippen LogP) is 2.52. The van der Waals surface area contributed by atoms with Crippen molar-refractivity contribution < 1.29 is 27.9 Å². The van der Waals surface area contributed by atoms with E-state index in [0.29, 0.717) is 6.54 Å². The first-order valence-corrected chi connectivity index (χ1v) is 9.72. The molecule has 4 heterocycles. The minimum Gasteiger partial charge on any atom is -0.475 e. The lowest BCUT2D eigenvalue weighted by Crippen LogP contribution is -2.48. The number of likely N-dealkylation sites (tertiary alicyclic amines) is 1. The Morgan fingerprint density at radius 3 is 2.35 bits per heavy atom. The Hall–Kier alpha value is -3.24. The zero-order valence-corrected chi connectivity index (χ0v) is 16.6. The second-order valence-corrected chi connectivity index (χ2v) is 7.49. The third kappa shape index (κ3) is 5.47. The Labute approximate surface area is 176 Å². The third-order valence-electron chi connectivity index (χ3n) is 5.38. The Kier molecular flexibility index (Phi) is 6.71. The van der Waals surface area contributed by atoms with Crippen LogP contribution in [-0.4, -0.2) is 62.6 Å². The fraction of sp³-hybridized carbons (Fsp3) is 0.450. The third-order valence-corrected chi connectivity index (χ3v) is 5.38. The number of halogens is 3. The summed E-state index contributed by atoms with van der Waals surface area (Å²) in [4.78, 5) is 38.9. The van der Waals surface area contributed by atoms with Crippen molar-refractivity contribution in [3.05, 3.63) is 48.5 Å². The highest BCUT2D eigenvalue weighted by Crippen LogP contribution is 2.41. The van der Waals surface area contributed by atoms with Crippen molar-refractivity contribution in [2.45, 2.75) is 32.0 Å². The standard InChI is InChI=1S/C18H21N5O.C2HF3O2/c24-16-18(6-12-22(16)13-15-3-9-19-10-4-15)5-1-11-23(14-18)17-20-7-2-8-21-17;3-2(4,5)1(6)7/h2-4,7-10H,1,5-6,11-14H2;(H,6,7). The number of nitrogens with zero attached hydrogens (tertiary/aromatic N) is 5. The Morgan fingerprint density at radius 1 is 1.10 bits per heavy atom. The molecular weight excluding hydrogens is 415 g/mol. The van der Waals surface area contributed by atoms with Gasteiger partial charge in [-0.15, -0.1) is 0 Å². The lowest BCUT2D eigenvalue weighted by Gasteiger charge is -2.39. The van der Waals surface area contributed by atoms with Crippen LogP contribution in [0.25, 0.3) is 0 Å². The Morgan fingerprint density at radius 2 is 1.74 bits per heavy atom. The van der Waals surface area contributed by atoms with Gasteiger partial charge in [0.05, 0.1) is 5.41 Å². The van der Waals surface area contributed by atoms with Gasteiger partial charge >= 0.3 is 12.1 Å². The molecular formula is C20H22F3N5O3. The molecule has 1 unspecified atom stereocenters. The smallest absolute Gasteiger partial charge is 0.475 e. The van der Waals surface area contributed by atoms with Gasteiger partial charge in [-0.05, 0) is 43.0 Å². The van der Waals surface area contributed by atoms with Gasteiger partial charge < -0.3 is 14.9 Å². The predicted molar refractivity (Wildman–Crippen MR) is 104 cm³/mol. The first-order valence-electron chi connectivity index (χ1n) is 9.72. The van der Waals surface area contributed by atoms with E-state index in [1.165, 1.54) is 0 Å². The number of aromatic nitrogens is 3. The van der Waals surface area contributed by atoms with Crippen molar-refractivity contribution in [2.24, 2.45) is 5.41 Å². The summed E-state index contributed by atoms with van der Waals surface area (Å²) in [5, 5.41) is 7.12. The van der Waals surface area contributed by atoms with Gasteiger partial charge in [0.15, 0.2) is 0 Å². The van der Waals surface area contributed by atoms with Gasteiger partial charge in [0, 0.05) is 51.0 Å². The minimum absolute atomic E-state index is 0.273. The number of hydrogen-bond donors (Lipinski definition) is 1. The maximum absolute atomic E-state index is 13.1. The number of carboxylic acids is 1. The average Bonchev–Trinajstić information content (AvgIpc) is 3.04. The molecule has 0 aliphatic carbocycles. The molecule has 2 aromatic heterocycles. The van der Waals surface area contributed by atoms with Crippen LogP contribution < -0.4 is 4.90 Å². The Balaban J connectivity index is 0.000000339. The van der Waals surface area contributed by atoms with E-state index < -0.39 is 12.1 Å². The van der Waals surface area contributed by atoms with E-state index in [1.807, 2.05) is 23.1 Å². The second-order valence-electron chi connectivity index (χ2n) is 7.49. The molecule has 1 amide bonds. The van der Waals surface area contributed by atoms with E-state index in [-0.39, 0.29) is 11.3 Å². The van der Waals surface area contributed by atoms with Crippen LogP contribution in [0.3, 0.4) is 0 Å². The molecule has 2 aromatic rings. The maximum Gasteiger partial charge on any atom is 0.490 e. The number of carbonyl (C=O) groups is 2. The van der Waals surface area contributed by atoms with Crippen LogP contribution in [0.4, 0.5) is 19.1 Å². The molecule has 0 saturated carbocycles. The lowest BCUT2D eigenvalue weighted by molar-refractivity contribution is -0.192. The maximum atomic E-state index is 13.1. The highest BCUT2D eigenvalue weighted by molar-refractivity contribution is 5.85. The zero-order valence-electron chi connectivity index (χ0n) is 16.6. The van der Waals surface area contributed by atoms with Gasteiger partial charge in [0.2, 0.25) is 11.9 Å². The average molecular weight is 437 g/mol. The fourth-order valence-electron chi connectivity index (χ4n) is 3.89. The summed E-state index contributed by atoms with van der Waals surface area (Å²) in [6, 6.07) is 5.77. The van der Waals surface area contributed by atoms with Crippen molar-refractivity contribution in [1.82, 2.24) is 19.9 Å². The van der Waals surface area contributed by atoms with E-state index >= 15 is 0 Å². The number of rotatable bonds is 3. The molecule has 1 atom stereocenters. The number of carbonyl (C=O) groups excluding carboxylic acids is 1. The van der Waals surface area contributed by atoms with Crippen molar-refractivity contribution >= 4 is 17.8 Å². The van der Waals surface area contributed by atoms with Gasteiger partial charge in [-0.2, -0.15) is 13.2 Å². The molecule has 2 saturated heterocycles. The normalized spacial score (nSPS) is 21.1. The molecule has 1 spiro atoms. The summed E-state index contributed by atoms with van der Waals surface area (Å²) < 4.78 is 31.7. The zero-order chi connectivity index (χ0) is 22.5. The summed E-state index contributed by atoms with van der Waals surface area (Å²) >= 11 is 0. The number of hydrogen-bond acceptors (Lipinski definition) is 6. The van der Waals surface area contributed by atoms with Crippen LogP contribution in [0.2, 0.25) is 0 Å². The summed E-state index contributed by atoms with van der Waals surface area (Å²) in [6.45, 7) is 3.14. The van der Waals surface area contributed by atoms with Gasteiger partial charge in [-0.3, -0.25) is 9.78 Å². The number of piperidine rings is 1. The van der Waals surface area contributed by atoms with E-state index in [2.05, 4.69) is 19.9 Å². The van der Waals surface area contributed by atoms with Crippen LogP contribution in [0.5, 0.6) is 0 Å². The number of aliphatic carboxylic acids is 1. The number of pyridine rings is 1. The highest BCUT2D eigenvalue weighted by Gasteiger charge is 2.49. The van der Waals surface area contributed by atoms with Gasteiger partial charge in [0.25, 0.3) is 0 Å². The number of carboxylic acid groups (broad SMARTS) is 1. The molecule has 4 rings (SSSR count). The van der Waals surface area contributed by atoms with E-state index in [1.54, 1.807) is 24.8 Å². The molecule has 1 N–H and O–H groups in total. The number of alkyl halides is 3. The monoisotopic (exact) mass is 437 g/mol. The SMILES string of the molecule is O=C(O)C(F)(F)F.O=C1N(Cc2ccncc2)CCC12CCCN(c1ncccn1)C2. The summed E-state index contributed by atoms with van der Waals surface area (Å²) in [7, 11) is 0. The topological polar surface area (TPSA) is 99.5 Å². The summed E-state index contributed by atoms with van der Waals surface area (Å²) in [5.74, 6) is -1.75. The molecule has 0 aromatic carbocycles. The molecule has 11 heteroatoms. The molecule has 31 heavy (non-hydrogen) atoms. The van der Waals surface area contributed by atoms with Crippen molar-refractivity contribution in [2.75, 3.05) is 24.5 Å². The van der Waals surface area contributed by atoms with Crippen LogP contribution in [0.1, 0.15) is 24.8 Å². The van der Waals surface area contributed by atoms with E-state index in [0.717, 1.165) is 50.4 Å².